The normalized spacial score (nSPS) is 51.0. The maximum Gasteiger partial charge on any atom is 0.0596 e. The largest absolute Gasteiger partial charge is 0.393 e. The molecule has 1 heteroatoms. The van der Waals surface area contributed by atoms with E-state index in [1.54, 1.807) is 0 Å². The van der Waals surface area contributed by atoms with Crippen LogP contribution in [0.2, 0.25) is 0 Å². The molecule has 0 aliphatic heterocycles. The molecule has 1 nitrogen and oxygen atoms in total. The topological polar surface area (TPSA) is 20.2 Å². The van der Waals surface area contributed by atoms with Crippen molar-refractivity contribution in [3.63, 3.8) is 0 Å². The van der Waals surface area contributed by atoms with Crippen molar-refractivity contribution in [3.8, 4) is 0 Å². The van der Waals surface area contributed by atoms with Gasteiger partial charge in [0, 0.05) is 0 Å². The monoisotopic (exact) mass is 168 g/mol. The van der Waals surface area contributed by atoms with Gasteiger partial charge in [0.05, 0.1) is 6.10 Å². The summed E-state index contributed by atoms with van der Waals surface area (Å²) in [6.45, 7) is 6.99. The van der Waals surface area contributed by atoms with Gasteiger partial charge in [0.2, 0.25) is 0 Å². The molecule has 0 spiro atoms. The number of fused-ring (bicyclic) bond motifs is 1. The number of hydrogen-bond donors (Lipinski definition) is 1. The second kappa shape index (κ2) is 2.25. The number of aliphatic hydroxyl groups is 1. The van der Waals surface area contributed by atoms with Crippen LogP contribution in [0.5, 0.6) is 0 Å². The van der Waals surface area contributed by atoms with Gasteiger partial charge in [-0.2, -0.15) is 0 Å². The maximum absolute atomic E-state index is 9.89. The number of rotatable bonds is 0. The summed E-state index contributed by atoms with van der Waals surface area (Å²) >= 11 is 0. The van der Waals surface area contributed by atoms with E-state index in [0.717, 1.165) is 12.3 Å². The van der Waals surface area contributed by atoms with E-state index in [0.29, 0.717) is 5.41 Å². The van der Waals surface area contributed by atoms with E-state index in [2.05, 4.69) is 20.8 Å². The minimum absolute atomic E-state index is 0.0238. The first-order valence-electron chi connectivity index (χ1n) is 5.15. The molecule has 2 aliphatic rings. The fourth-order valence-electron chi connectivity index (χ4n) is 3.44. The lowest BCUT2D eigenvalue weighted by Crippen LogP contribution is -2.56. The van der Waals surface area contributed by atoms with E-state index in [-0.39, 0.29) is 11.5 Å². The molecule has 0 bridgehead atoms. The summed E-state index contributed by atoms with van der Waals surface area (Å²) in [6, 6.07) is 0. The van der Waals surface area contributed by atoms with Crippen molar-refractivity contribution >= 4 is 0 Å². The first-order chi connectivity index (χ1) is 5.47. The third kappa shape index (κ3) is 0.891. The molecule has 0 aromatic heterocycles. The number of aliphatic hydroxyl groups excluding tert-OH is 1. The molecular formula is C11H20O. The Kier molecular flexibility index (Phi) is 1.61. The summed E-state index contributed by atoms with van der Waals surface area (Å²) in [4.78, 5) is 0. The van der Waals surface area contributed by atoms with Gasteiger partial charge in [0.25, 0.3) is 0 Å². The molecule has 2 rings (SSSR count). The summed E-state index contributed by atoms with van der Waals surface area (Å²) in [7, 11) is 0. The van der Waals surface area contributed by atoms with E-state index < -0.39 is 0 Å². The first kappa shape index (κ1) is 8.55. The van der Waals surface area contributed by atoms with Crippen molar-refractivity contribution in [2.45, 2.75) is 52.6 Å². The standard InChI is InChI=1S/C11H20O/c1-10(2)6-5-9(12)11(3)7-4-8(10)11/h8-9,12H,4-7H2,1-3H3. The summed E-state index contributed by atoms with van der Waals surface area (Å²) in [5.74, 6) is 0.772. The van der Waals surface area contributed by atoms with Gasteiger partial charge >= 0.3 is 0 Å². The third-order valence-corrected chi connectivity index (χ3v) is 4.53. The Bertz CT molecular complexity index is 197. The molecule has 2 aliphatic carbocycles. The van der Waals surface area contributed by atoms with Crippen LogP contribution in [0.15, 0.2) is 0 Å². The molecule has 0 aromatic rings. The quantitative estimate of drug-likeness (QED) is 0.589. The smallest absolute Gasteiger partial charge is 0.0596 e. The summed E-state index contributed by atoms with van der Waals surface area (Å²) in [5, 5.41) is 9.89. The zero-order valence-electron chi connectivity index (χ0n) is 8.43. The van der Waals surface area contributed by atoms with Crippen LogP contribution < -0.4 is 0 Å². The molecule has 0 saturated heterocycles. The van der Waals surface area contributed by atoms with E-state index in [9.17, 15) is 5.11 Å². The molecule has 12 heavy (non-hydrogen) atoms. The molecule has 70 valence electrons. The minimum atomic E-state index is -0.0238. The Balaban J connectivity index is 2.23. The van der Waals surface area contributed by atoms with Crippen LogP contribution in [0.3, 0.4) is 0 Å². The second-order valence-corrected chi connectivity index (χ2v) is 5.64. The van der Waals surface area contributed by atoms with Gasteiger partial charge in [-0.15, -0.1) is 0 Å². The number of hydrogen-bond acceptors (Lipinski definition) is 1. The molecule has 2 saturated carbocycles. The molecular weight excluding hydrogens is 148 g/mol. The van der Waals surface area contributed by atoms with E-state index in [1.807, 2.05) is 0 Å². The van der Waals surface area contributed by atoms with Crippen LogP contribution in [-0.2, 0) is 0 Å². The van der Waals surface area contributed by atoms with Crippen LogP contribution in [0, 0.1) is 16.7 Å². The van der Waals surface area contributed by atoms with Gasteiger partial charge in [-0.25, -0.2) is 0 Å². The molecule has 3 unspecified atom stereocenters. The summed E-state index contributed by atoms with van der Waals surface area (Å²) in [5.41, 5.74) is 0.744. The molecule has 0 amide bonds. The fraction of sp³-hybridized carbons (Fsp3) is 1.00. The predicted octanol–water partition coefficient (Wildman–Crippen LogP) is 2.58. The van der Waals surface area contributed by atoms with Crippen molar-refractivity contribution in [2.75, 3.05) is 0 Å². The maximum atomic E-state index is 9.89. The van der Waals surface area contributed by atoms with Crippen molar-refractivity contribution in [1.29, 1.82) is 0 Å². The average Bonchev–Trinajstić information content (AvgIpc) is 1.93. The summed E-state index contributed by atoms with van der Waals surface area (Å²) < 4.78 is 0. The minimum Gasteiger partial charge on any atom is -0.393 e. The first-order valence-corrected chi connectivity index (χ1v) is 5.15. The predicted molar refractivity (Wildman–Crippen MR) is 49.9 cm³/mol. The fourth-order valence-corrected chi connectivity index (χ4v) is 3.44. The Morgan fingerprint density at radius 2 is 1.75 bits per heavy atom. The highest BCUT2D eigenvalue weighted by Gasteiger charge is 2.56. The van der Waals surface area contributed by atoms with Crippen molar-refractivity contribution in [1.82, 2.24) is 0 Å². The molecule has 0 aromatic carbocycles. The van der Waals surface area contributed by atoms with Crippen LogP contribution >= 0.6 is 0 Å². The lowest BCUT2D eigenvalue weighted by atomic mass is 9.46. The lowest BCUT2D eigenvalue weighted by molar-refractivity contribution is -0.160. The van der Waals surface area contributed by atoms with Crippen LogP contribution in [0.1, 0.15) is 46.5 Å². The van der Waals surface area contributed by atoms with Crippen molar-refractivity contribution < 1.29 is 5.11 Å². The highest BCUT2D eigenvalue weighted by molar-refractivity contribution is 5.06. The van der Waals surface area contributed by atoms with E-state index >= 15 is 0 Å². The van der Waals surface area contributed by atoms with Gasteiger partial charge < -0.3 is 5.11 Å². The summed E-state index contributed by atoms with van der Waals surface area (Å²) in [6.07, 6.45) is 4.77. The highest BCUT2D eigenvalue weighted by atomic mass is 16.3. The van der Waals surface area contributed by atoms with Crippen molar-refractivity contribution in [2.24, 2.45) is 16.7 Å². The molecule has 0 heterocycles. The Labute approximate surface area is 75.2 Å². The van der Waals surface area contributed by atoms with Gasteiger partial charge in [0.15, 0.2) is 0 Å². The van der Waals surface area contributed by atoms with Gasteiger partial charge in [0.1, 0.15) is 0 Å². The lowest BCUT2D eigenvalue weighted by Gasteiger charge is -2.60. The Hall–Kier alpha value is -0.0400. The Morgan fingerprint density at radius 1 is 1.08 bits per heavy atom. The van der Waals surface area contributed by atoms with Crippen LogP contribution in [0.4, 0.5) is 0 Å². The van der Waals surface area contributed by atoms with Crippen molar-refractivity contribution in [3.05, 3.63) is 0 Å². The van der Waals surface area contributed by atoms with Crippen LogP contribution in [-0.4, -0.2) is 11.2 Å². The molecule has 2 fully saturated rings. The zero-order chi connectivity index (χ0) is 8.98. The van der Waals surface area contributed by atoms with Gasteiger partial charge in [-0.05, 0) is 42.4 Å². The average molecular weight is 168 g/mol. The molecule has 3 atom stereocenters. The SMILES string of the molecule is CC1(C)CCC(O)C2(C)CCC12. The van der Waals surface area contributed by atoms with E-state index in [4.69, 9.17) is 0 Å². The Morgan fingerprint density at radius 3 is 2.17 bits per heavy atom. The van der Waals surface area contributed by atoms with Crippen LogP contribution in [0.25, 0.3) is 0 Å². The molecule has 0 radical (unpaired) electrons. The molecule has 1 N–H and O–H groups in total. The highest BCUT2D eigenvalue weighted by Crippen LogP contribution is 2.61. The third-order valence-electron chi connectivity index (χ3n) is 4.53. The van der Waals surface area contributed by atoms with Gasteiger partial charge in [-0.1, -0.05) is 20.8 Å². The van der Waals surface area contributed by atoms with Gasteiger partial charge in [-0.3, -0.25) is 0 Å². The second-order valence-electron chi connectivity index (χ2n) is 5.64. The van der Waals surface area contributed by atoms with E-state index in [1.165, 1.54) is 19.3 Å². The zero-order valence-corrected chi connectivity index (χ0v) is 8.43.